The van der Waals surface area contributed by atoms with Gasteiger partial charge in [0.05, 0.1) is 29.6 Å². The third-order valence-electron chi connectivity index (χ3n) is 3.75. The number of nitrogens with one attached hydrogen (secondary N) is 3. The molecule has 2 aromatic carbocycles. The van der Waals surface area contributed by atoms with Crippen LogP contribution >= 0.6 is 28.1 Å². The van der Waals surface area contributed by atoms with E-state index in [1.807, 2.05) is 6.07 Å². The molecule has 3 N–H and O–H groups in total. The summed E-state index contributed by atoms with van der Waals surface area (Å²) in [4.78, 5) is 4.07. The van der Waals surface area contributed by atoms with Crippen molar-refractivity contribution in [1.29, 1.82) is 0 Å². The molecule has 0 aliphatic heterocycles. The van der Waals surface area contributed by atoms with Crippen LogP contribution in [0.5, 0.6) is 5.75 Å². The third kappa shape index (κ3) is 5.66. The second kappa shape index (κ2) is 9.21. The van der Waals surface area contributed by atoms with E-state index in [1.54, 1.807) is 48.8 Å². The highest BCUT2D eigenvalue weighted by Crippen LogP contribution is 2.29. The first kappa shape index (κ1) is 21.0. The Kier molecular flexibility index (Phi) is 6.68. The highest BCUT2D eigenvalue weighted by Gasteiger charge is 2.17. The Labute approximate surface area is 182 Å². The number of aromatic nitrogens is 1. The molecule has 0 atom stereocenters. The Hall–Kier alpha value is -2.69. The van der Waals surface area contributed by atoms with E-state index in [0.29, 0.717) is 22.2 Å². The predicted molar refractivity (Wildman–Crippen MR) is 122 cm³/mol. The lowest BCUT2D eigenvalue weighted by molar-refractivity contribution is 0.415. The summed E-state index contributed by atoms with van der Waals surface area (Å²) in [5.41, 5.74) is 1.70. The van der Waals surface area contributed by atoms with Crippen molar-refractivity contribution in [2.24, 2.45) is 0 Å². The number of methoxy groups -OCH3 is 1. The Bertz CT molecular complexity index is 1110. The molecule has 0 saturated heterocycles. The minimum atomic E-state index is -3.78. The van der Waals surface area contributed by atoms with Crippen LogP contribution in [0.3, 0.4) is 0 Å². The van der Waals surface area contributed by atoms with Crippen LogP contribution in [0.2, 0.25) is 0 Å². The standard InChI is InChI=1S/C19H17BrN4O3S2/c1-27-18-11-16(29(25,26)24-14-6-4-13(20)5-7-14)8-9-17(18)23-19(28)22-15-3-2-10-21-12-15/h2-12,24H,1H3,(H2,22,23,28). The van der Waals surface area contributed by atoms with Crippen LogP contribution < -0.4 is 20.1 Å². The number of thiocarbonyl (C=S) groups is 1. The summed E-state index contributed by atoms with van der Waals surface area (Å²) in [5.74, 6) is 0.332. The fourth-order valence-corrected chi connectivity index (χ4v) is 3.96. The fraction of sp³-hybridized carbons (Fsp3) is 0.0526. The monoisotopic (exact) mass is 492 g/mol. The van der Waals surface area contributed by atoms with E-state index in [1.165, 1.54) is 19.2 Å². The van der Waals surface area contributed by atoms with Crippen molar-refractivity contribution in [2.75, 3.05) is 22.5 Å². The number of hydrogen-bond acceptors (Lipinski definition) is 5. The second-order valence-electron chi connectivity index (χ2n) is 5.80. The molecule has 0 fully saturated rings. The normalized spacial score (nSPS) is 10.8. The van der Waals surface area contributed by atoms with Crippen molar-refractivity contribution < 1.29 is 13.2 Å². The molecule has 0 unspecified atom stereocenters. The molecule has 10 heteroatoms. The van der Waals surface area contributed by atoms with Crippen molar-refractivity contribution in [3.05, 3.63) is 71.5 Å². The first-order valence-corrected chi connectivity index (χ1v) is 11.0. The lowest BCUT2D eigenvalue weighted by atomic mass is 10.3. The maximum Gasteiger partial charge on any atom is 0.262 e. The van der Waals surface area contributed by atoms with Gasteiger partial charge in [-0.15, -0.1) is 0 Å². The topological polar surface area (TPSA) is 92.4 Å². The minimum absolute atomic E-state index is 0.0638. The maximum absolute atomic E-state index is 12.7. The van der Waals surface area contributed by atoms with Gasteiger partial charge in [-0.1, -0.05) is 15.9 Å². The fourth-order valence-electron chi connectivity index (χ4n) is 2.40. The molecule has 0 aliphatic rings. The predicted octanol–water partition coefficient (Wildman–Crippen LogP) is 4.46. The number of rotatable bonds is 6. The van der Waals surface area contributed by atoms with Gasteiger partial charge in [0, 0.05) is 22.4 Å². The van der Waals surface area contributed by atoms with Crippen LogP contribution in [0, 0.1) is 0 Å². The number of sulfonamides is 1. The van der Waals surface area contributed by atoms with E-state index < -0.39 is 10.0 Å². The Morgan fingerprint density at radius 1 is 1.07 bits per heavy atom. The highest BCUT2D eigenvalue weighted by molar-refractivity contribution is 9.10. The number of nitrogens with zero attached hydrogens (tertiary/aromatic N) is 1. The molecule has 150 valence electrons. The van der Waals surface area contributed by atoms with Crippen molar-refractivity contribution >= 4 is 60.3 Å². The third-order valence-corrected chi connectivity index (χ3v) is 5.86. The van der Waals surface area contributed by atoms with Gasteiger partial charge in [0.1, 0.15) is 5.75 Å². The van der Waals surface area contributed by atoms with Crippen LogP contribution in [0.4, 0.5) is 17.1 Å². The number of hydrogen-bond donors (Lipinski definition) is 3. The molecular weight excluding hydrogens is 476 g/mol. The molecule has 29 heavy (non-hydrogen) atoms. The summed E-state index contributed by atoms with van der Waals surface area (Å²) in [6, 6.07) is 14.9. The summed E-state index contributed by atoms with van der Waals surface area (Å²) in [7, 11) is -2.33. The molecule has 0 radical (unpaired) electrons. The van der Waals surface area contributed by atoms with Gasteiger partial charge in [-0.3, -0.25) is 9.71 Å². The molecule has 0 spiro atoms. The summed E-state index contributed by atoms with van der Waals surface area (Å²) < 4.78 is 34.1. The molecule has 0 aliphatic carbocycles. The number of halogens is 1. The minimum Gasteiger partial charge on any atom is -0.495 e. The average Bonchev–Trinajstić information content (AvgIpc) is 2.70. The Morgan fingerprint density at radius 2 is 1.83 bits per heavy atom. The lowest BCUT2D eigenvalue weighted by Crippen LogP contribution is -2.20. The molecule has 1 heterocycles. The van der Waals surface area contributed by atoms with Crippen molar-refractivity contribution in [3.8, 4) is 5.75 Å². The number of benzene rings is 2. The zero-order valence-corrected chi connectivity index (χ0v) is 18.4. The van der Waals surface area contributed by atoms with Crippen molar-refractivity contribution in [1.82, 2.24) is 4.98 Å². The summed E-state index contributed by atoms with van der Waals surface area (Å²) in [5, 5.41) is 6.30. The van der Waals surface area contributed by atoms with Gasteiger partial charge in [-0.05, 0) is 60.7 Å². The lowest BCUT2D eigenvalue weighted by Gasteiger charge is -2.15. The number of anilines is 3. The highest BCUT2D eigenvalue weighted by atomic mass is 79.9. The molecule has 0 saturated carbocycles. The molecule has 0 amide bonds. The van der Waals surface area contributed by atoms with Crippen molar-refractivity contribution in [3.63, 3.8) is 0 Å². The van der Waals surface area contributed by atoms with Gasteiger partial charge in [0.15, 0.2) is 5.11 Å². The van der Waals surface area contributed by atoms with Crippen LogP contribution in [-0.4, -0.2) is 25.6 Å². The van der Waals surface area contributed by atoms with Gasteiger partial charge >= 0.3 is 0 Å². The van der Waals surface area contributed by atoms with Crippen molar-refractivity contribution in [2.45, 2.75) is 4.90 Å². The zero-order valence-electron chi connectivity index (χ0n) is 15.2. The number of pyridine rings is 1. The first-order chi connectivity index (χ1) is 13.9. The quantitative estimate of drug-likeness (QED) is 0.437. The molecule has 0 bridgehead atoms. The van der Waals surface area contributed by atoms with E-state index in [9.17, 15) is 8.42 Å². The maximum atomic E-state index is 12.7. The van der Waals surface area contributed by atoms with Gasteiger partial charge in [0.2, 0.25) is 0 Å². The summed E-state index contributed by atoms with van der Waals surface area (Å²) in [6.45, 7) is 0. The van der Waals surface area contributed by atoms with Gasteiger partial charge in [-0.25, -0.2) is 8.42 Å². The van der Waals surface area contributed by atoms with E-state index in [-0.39, 0.29) is 4.90 Å². The molecular formula is C19H17BrN4O3S2. The smallest absolute Gasteiger partial charge is 0.262 e. The molecule has 1 aromatic heterocycles. The van der Waals surface area contributed by atoms with E-state index in [2.05, 4.69) is 36.3 Å². The Morgan fingerprint density at radius 3 is 2.48 bits per heavy atom. The SMILES string of the molecule is COc1cc(S(=O)(=O)Nc2ccc(Br)cc2)ccc1NC(=S)Nc1cccnc1. The van der Waals surface area contributed by atoms with E-state index >= 15 is 0 Å². The number of ether oxygens (including phenoxy) is 1. The van der Waals surface area contributed by atoms with E-state index in [4.69, 9.17) is 17.0 Å². The van der Waals surface area contributed by atoms with Gasteiger partial charge in [-0.2, -0.15) is 0 Å². The largest absolute Gasteiger partial charge is 0.495 e. The average molecular weight is 493 g/mol. The van der Waals surface area contributed by atoms with Crippen LogP contribution in [0.1, 0.15) is 0 Å². The molecule has 3 aromatic rings. The van der Waals surface area contributed by atoms with Crippen LogP contribution in [-0.2, 0) is 10.0 Å². The summed E-state index contributed by atoms with van der Waals surface area (Å²) >= 11 is 8.61. The second-order valence-corrected chi connectivity index (χ2v) is 8.80. The van der Waals surface area contributed by atoms with Gasteiger partial charge < -0.3 is 15.4 Å². The Balaban J connectivity index is 1.77. The zero-order chi connectivity index (χ0) is 20.9. The van der Waals surface area contributed by atoms with E-state index in [0.717, 1.165) is 10.2 Å². The first-order valence-electron chi connectivity index (χ1n) is 8.32. The van der Waals surface area contributed by atoms with Gasteiger partial charge in [0.25, 0.3) is 10.0 Å². The molecule has 7 nitrogen and oxygen atoms in total. The summed E-state index contributed by atoms with van der Waals surface area (Å²) in [6.07, 6.45) is 3.29. The van der Waals surface area contributed by atoms with Crippen LogP contribution in [0.25, 0.3) is 0 Å². The molecule has 3 rings (SSSR count). The van der Waals surface area contributed by atoms with Crippen LogP contribution in [0.15, 0.2) is 76.4 Å².